The molecule has 0 amide bonds. The fraction of sp³-hybridized carbons (Fsp3) is 1.00. The van der Waals surface area contributed by atoms with E-state index in [0.717, 1.165) is 12.0 Å². The fourth-order valence-corrected chi connectivity index (χ4v) is 3.64. The Morgan fingerprint density at radius 2 is 1.54 bits per heavy atom. The maximum Gasteiger partial charge on any atom is 0.0171 e. The normalized spacial score (nSPS) is 25.8. The molecule has 2 saturated carbocycles. The van der Waals surface area contributed by atoms with Gasteiger partial charge in [0.05, 0.1) is 0 Å². The maximum atomic E-state index is 3.63. The molecule has 2 rings (SSSR count). The maximum absolute atomic E-state index is 3.63. The number of rotatable bonds is 4. The SMILES string of the molecule is C1CCC(CSNC2CCCC2)C1. The van der Waals surface area contributed by atoms with Crippen LogP contribution in [0, 0.1) is 5.92 Å². The minimum absolute atomic E-state index is 0.839. The number of hydrogen-bond acceptors (Lipinski definition) is 2. The molecule has 2 fully saturated rings. The number of nitrogens with one attached hydrogen (secondary N) is 1. The lowest BCUT2D eigenvalue weighted by atomic mass is 10.1. The predicted octanol–water partition coefficient (Wildman–Crippen LogP) is 3.36. The summed E-state index contributed by atoms with van der Waals surface area (Å²) in [6.45, 7) is 0. The fourth-order valence-electron chi connectivity index (χ4n) is 2.50. The van der Waals surface area contributed by atoms with E-state index in [1.807, 2.05) is 11.9 Å². The van der Waals surface area contributed by atoms with Crippen LogP contribution >= 0.6 is 11.9 Å². The zero-order valence-corrected chi connectivity index (χ0v) is 9.24. The average Bonchev–Trinajstić information content (AvgIpc) is 2.75. The van der Waals surface area contributed by atoms with Gasteiger partial charge in [-0.05, 0) is 31.6 Å². The first-order valence-electron chi connectivity index (χ1n) is 5.82. The molecule has 2 aliphatic carbocycles. The summed E-state index contributed by atoms with van der Waals surface area (Å²) in [7, 11) is 0. The lowest BCUT2D eigenvalue weighted by molar-refractivity contribution is 0.613. The van der Waals surface area contributed by atoms with Gasteiger partial charge in [-0.1, -0.05) is 37.6 Å². The number of hydrogen-bond donors (Lipinski definition) is 1. The minimum Gasteiger partial charge on any atom is -0.261 e. The summed E-state index contributed by atoms with van der Waals surface area (Å²) in [6, 6.07) is 0.839. The van der Waals surface area contributed by atoms with Crippen LogP contribution in [0.4, 0.5) is 0 Å². The van der Waals surface area contributed by atoms with Gasteiger partial charge in [0.2, 0.25) is 0 Å². The van der Waals surface area contributed by atoms with Crippen molar-refractivity contribution in [3.63, 3.8) is 0 Å². The topological polar surface area (TPSA) is 12.0 Å². The van der Waals surface area contributed by atoms with Crippen LogP contribution in [0.2, 0.25) is 0 Å². The van der Waals surface area contributed by atoms with Gasteiger partial charge in [0.25, 0.3) is 0 Å². The second kappa shape index (κ2) is 5.26. The summed E-state index contributed by atoms with van der Waals surface area (Å²) >= 11 is 2.00. The van der Waals surface area contributed by atoms with Gasteiger partial charge in [0.1, 0.15) is 0 Å². The van der Waals surface area contributed by atoms with Crippen LogP contribution in [0.1, 0.15) is 51.4 Å². The third-order valence-corrected chi connectivity index (χ3v) is 4.54. The predicted molar refractivity (Wildman–Crippen MR) is 59.8 cm³/mol. The van der Waals surface area contributed by atoms with Crippen LogP contribution in [0.25, 0.3) is 0 Å². The standard InChI is InChI=1S/C11H21NS/c1-2-6-10(5-1)9-13-12-11-7-3-4-8-11/h10-12H,1-9H2. The van der Waals surface area contributed by atoms with Crippen LogP contribution in [0.15, 0.2) is 0 Å². The molecule has 2 heteroatoms. The van der Waals surface area contributed by atoms with E-state index in [2.05, 4.69) is 4.72 Å². The summed E-state index contributed by atoms with van der Waals surface area (Å²) in [4.78, 5) is 0. The van der Waals surface area contributed by atoms with Crippen LogP contribution in [-0.2, 0) is 0 Å². The summed E-state index contributed by atoms with van der Waals surface area (Å²) in [5.74, 6) is 2.38. The first-order valence-corrected chi connectivity index (χ1v) is 6.81. The van der Waals surface area contributed by atoms with E-state index in [0.29, 0.717) is 0 Å². The lowest BCUT2D eigenvalue weighted by Gasteiger charge is -2.13. The summed E-state index contributed by atoms with van der Waals surface area (Å²) in [5.41, 5.74) is 0. The summed E-state index contributed by atoms with van der Waals surface area (Å²) in [6.07, 6.45) is 11.7. The van der Waals surface area contributed by atoms with Crippen molar-refractivity contribution >= 4 is 11.9 Å². The van der Waals surface area contributed by atoms with Crippen molar-refractivity contribution in [1.29, 1.82) is 0 Å². The second-order valence-electron chi connectivity index (χ2n) is 4.56. The van der Waals surface area contributed by atoms with E-state index < -0.39 is 0 Å². The smallest absolute Gasteiger partial charge is 0.0171 e. The third-order valence-electron chi connectivity index (χ3n) is 3.40. The van der Waals surface area contributed by atoms with Crippen molar-refractivity contribution in [1.82, 2.24) is 4.72 Å². The largest absolute Gasteiger partial charge is 0.261 e. The molecule has 0 unspecified atom stereocenters. The van der Waals surface area contributed by atoms with Crippen molar-refractivity contribution in [2.24, 2.45) is 5.92 Å². The first kappa shape index (κ1) is 9.85. The van der Waals surface area contributed by atoms with Crippen molar-refractivity contribution in [3.05, 3.63) is 0 Å². The second-order valence-corrected chi connectivity index (χ2v) is 5.42. The molecule has 2 aliphatic rings. The van der Waals surface area contributed by atoms with Crippen molar-refractivity contribution in [2.45, 2.75) is 57.4 Å². The molecular weight excluding hydrogens is 178 g/mol. The van der Waals surface area contributed by atoms with E-state index in [-0.39, 0.29) is 0 Å². The van der Waals surface area contributed by atoms with Gasteiger partial charge < -0.3 is 0 Å². The molecule has 0 aromatic heterocycles. The molecule has 0 spiro atoms. The lowest BCUT2D eigenvalue weighted by Crippen LogP contribution is -2.20. The molecule has 1 N–H and O–H groups in total. The Kier molecular flexibility index (Phi) is 3.98. The van der Waals surface area contributed by atoms with Crippen LogP contribution < -0.4 is 4.72 Å². The third kappa shape index (κ3) is 3.17. The van der Waals surface area contributed by atoms with Crippen LogP contribution in [0.5, 0.6) is 0 Å². The Bertz CT molecular complexity index is 121. The van der Waals surface area contributed by atoms with E-state index in [9.17, 15) is 0 Å². The van der Waals surface area contributed by atoms with E-state index >= 15 is 0 Å². The van der Waals surface area contributed by atoms with Gasteiger partial charge >= 0.3 is 0 Å². The van der Waals surface area contributed by atoms with Crippen molar-refractivity contribution < 1.29 is 0 Å². The van der Waals surface area contributed by atoms with Crippen LogP contribution in [-0.4, -0.2) is 11.8 Å². The molecule has 0 atom stereocenters. The molecule has 0 saturated heterocycles. The van der Waals surface area contributed by atoms with Gasteiger partial charge in [0.15, 0.2) is 0 Å². The Balaban J connectivity index is 1.52. The van der Waals surface area contributed by atoms with Gasteiger partial charge in [-0.2, -0.15) is 0 Å². The van der Waals surface area contributed by atoms with Crippen molar-refractivity contribution in [2.75, 3.05) is 5.75 Å². The minimum atomic E-state index is 0.839. The Morgan fingerprint density at radius 3 is 2.23 bits per heavy atom. The first-order chi connectivity index (χ1) is 6.45. The molecule has 0 bridgehead atoms. The molecule has 0 aliphatic heterocycles. The average molecular weight is 199 g/mol. The van der Waals surface area contributed by atoms with E-state index in [4.69, 9.17) is 0 Å². The zero-order chi connectivity index (χ0) is 8.93. The molecule has 0 radical (unpaired) electrons. The van der Waals surface area contributed by atoms with Crippen molar-refractivity contribution in [3.8, 4) is 0 Å². The monoisotopic (exact) mass is 199 g/mol. The zero-order valence-electron chi connectivity index (χ0n) is 8.43. The van der Waals surface area contributed by atoms with Gasteiger partial charge in [-0.25, -0.2) is 0 Å². The molecule has 0 aromatic carbocycles. The molecule has 13 heavy (non-hydrogen) atoms. The Labute approximate surface area is 86.2 Å². The Morgan fingerprint density at radius 1 is 0.923 bits per heavy atom. The molecule has 76 valence electrons. The van der Waals surface area contributed by atoms with E-state index in [1.54, 1.807) is 0 Å². The molecular formula is C11H21NS. The van der Waals surface area contributed by atoms with Gasteiger partial charge in [-0.3, -0.25) is 4.72 Å². The molecule has 0 heterocycles. The molecule has 1 nitrogen and oxygen atoms in total. The highest BCUT2D eigenvalue weighted by molar-refractivity contribution is 7.97. The highest BCUT2D eigenvalue weighted by atomic mass is 32.2. The van der Waals surface area contributed by atoms with E-state index in [1.165, 1.54) is 57.1 Å². The van der Waals surface area contributed by atoms with Gasteiger partial charge in [0, 0.05) is 11.8 Å². The summed E-state index contributed by atoms with van der Waals surface area (Å²) < 4.78 is 3.63. The highest BCUT2D eigenvalue weighted by Gasteiger charge is 2.17. The quantitative estimate of drug-likeness (QED) is 0.697. The highest BCUT2D eigenvalue weighted by Crippen LogP contribution is 2.28. The van der Waals surface area contributed by atoms with Crippen LogP contribution in [0.3, 0.4) is 0 Å². The molecule has 0 aromatic rings. The Hall–Kier alpha value is 0.310. The summed E-state index contributed by atoms with van der Waals surface area (Å²) in [5, 5.41) is 0. The van der Waals surface area contributed by atoms with Gasteiger partial charge in [-0.15, -0.1) is 0 Å².